The summed E-state index contributed by atoms with van der Waals surface area (Å²) in [7, 11) is -2.97. The Morgan fingerprint density at radius 3 is 2.76 bits per heavy atom. The molecular weight excluding hydrogens is 242 g/mol. The fraction of sp³-hybridized carbons (Fsp3) is 0.500. The first-order valence-electron chi connectivity index (χ1n) is 5.23. The van der Waals surface area contributed by atoms with E-state index in [0.717, 1.165) is 0 Å². The average Bonchev–Trinajstić information content (AvgIpc) is 2.21. The number of nitrogen functional groups attached to an aromatic ring is 1. The summed E-state index contributed by atoms with van der Waals surface area (Å²) >= 11 is 0. The molecule has 0 aliphatic heterocycles. The lowest BCUT2D eigenvalue weighted by molar-refractivity contribution is 0.329. The van der Waals surface area contributed by atoms with Gasteiger partial charge < -0.3 is 15.8 Å². The highest BCUT2D eigenvalue weighted by Gasteiger charge is 2.05. The van der Waals surface area contributed by atoms with E-state index in [1.54, 1.807) is 12.1 Å². The standard InChI is InChI=1S/C10H17N3O3S/c1-3-16-10-8(11)4-5-9(13-10)12-6-7-17(2,14)15/h4-5H,3,6-7,11H2,1-2H3,(H,12,13). The van der Waals surface area contributed by atoms with Crippen LogP contribution in [-0.2, 0) is 9.84 Å². The lowest BCUT2D eigenvalue weighted by Crippen LogP contribution is -2.15. The average molecular weight is 259 g/mol. The maximum Gasteiger partial charge on any atom is 0.239 e. The van der Waals surface area contributed by atoms with Crippen molar-refractivity contribution in [3.63, 3.8) is 0 Å². The van der Waals surface area contributed by atoms with Crippen LogP contribution in [0.15, 0.2) is 12.1 Å². The van der Waals surface area contributed by atoms with Crippen LogP contribution in [0.2, 0.25) is 0 Å². The Kier molecular flexibility index (Phi) is 4.56. The van der Waals surface area contributed by atoms with Crippen molar-refractivity contribution in [3.05, 3.63) is 12.1 Å². The first kappa shape index (κ1) is 13.6. The second-order valence-corrected chi connectivity index (χ2v) is 5.84. The largest absolute Gasteiger partial charge is 0.476 e. The Labute approximate surface area is 101 Å². The Bertz CT molecular complexity index is 474. The lowest BCUT2D eigenvalue weighted by atomic mass is 10.4. The van der Waals surface area contributed by atoms with Crippen LogP contribution in [0, 0.1) is 0 Å². The summed E-state index contributed by atoms with van der Waals surface area (Å²) in [5.41, 5.74) is 6.12. The number of hydrogen-bond donors (Lipinski definition) is 2. The first-order valence-corrected chi connectivity index (χ1v) is 7.29. The zero-order chi connectivity index (χ0) is 12.9. The van der Waals surface area contributed by atoms with Gasteiger partial charge in [0.25, 0.3) is 0 Å². The SMILES string of the molecule is CCOc1nc(NCCS(C)(=O)=O)ccc1N. The van der Waals surface area contributed by atoms with Gasteiger partial charge in [-0.3, -0.25) is 0 Å². The molecule has 17 heavy (non-hydrogen) atoms. The molecule has 1 heterocycles. The van der Waals surface area contributed by atoms with E-state index in [4.69, 9.17) is 10.5 Å². The van der Waals surface area contributed by atoms with E-state index < -0.39 is 9.84 Å². The van der Waals surface area contributed by atoms with E-state index in [2.05, 4.69) is 10.3 Å². The minimum atomic E-state index is -2.97. The molecule has 0 saturated heterocycles. The molecule has 0 aromatic carbocycles. The topological polar surface area (TPSA) is 94.3 Å². The summed E-state index contributed by atoms with van der Waals surface area (Å²) in [5, 5.41) is 2.90. The van der Waals surface area contributed by atoms with Crippen molar-refractivity contribution in [2.24, 2.45) is 0 Å². The maximum atomic E-state index is 10.9. The maximum absolute atomic E-state index is 10.9. The third-order valence-electron chi connectivity index (χ3n) is 1.95. The van der Waals surface area contributed by atoms with Crippen LogP contribution in [0.5, 0.6) is 5.88 Å². The molecule has 0 amide bonds. The number of ether oxygens (including phenoxy) is 1. The molecule has 1 aromatic heterocycles. The molecule has 96 valence electrons. The van der Waals surface area contributed by atoms with Gasteiger partial charge in [0.15, 0.2) is 0 Å². The Balaban J connectivity index is 2.63. The molecule has 0 aliphatic rings. The zero-order valence-corrected chi connectivity index (χ0v) is 10.8. The molecule has 0 bridgehead atoms. The highest BCUT2D eigenvalue weighted by molar-refractivity contribution is 7.90. The summed E-state index contributed by atoms with van der Waals surface area (Å²) in [6, 6.07) is 3.35. The molecule has 1 aromatic rings. The van der Waals surface area contributed by atoms with Crippen LogP contribution in [0.4, 0.5) is 11.5 Å². The fourth-order valence-corrected chi connectivity index (χ4v) is 1.64. The van der Waals surface area contributed by atoms with Crippen molar-refractivity contribution in [1.29, 1.82) is 0 Å². The number of nitrogens with two attached hydrogens (primary N) is 1. The van der Waals surface area contributed by atoms with Crippen LogP contribution in [-0.4, -0.2) is 38.6 Å². The van der Waals surface area contributed by atoms with Gasteiger partial charge >= 0.3 is 0 Å². The zero-order valence-electron chi connectivity index (χ0n) is 9.93. The minimum Gasteiger partial charge on any atom is -0.476 e. The van der Waals surface area contributed by atoms with Crippen molar-refractivity contribution in [3.8, 4) is 5.88 Å². The molecular formula is C10H17N3O3S. The second-order valence-electron chi connectivity index (χ2n) is 3.58. The van der Waals surface area contributed by atoms with Crippen LogP contribution in [0.25, 0.3) is 0 Å². The first-order chi connectivity index (χ1) is 7.92. The van der Waals surface area contributed by atoms with Gasteiger partial charge in [-0.1, -0.05) is 0 Å². The van der Waals surface area contributed by atoms with Gasteiger partial charge in [-0.25, -0.2) is 8.42 Å². The van der Waals surface area contributed by atoms with Gasteiger partial charge in [0.1, 0.15) is 15.7 Å². The van der Waals surface area contributed by atoms with E-state index in [1.165, 1.54) is 6.26 Å². The summed E-state index contributed by atoms with van der Waals surface area (Å²) in [6.45, 7) is 2.62. The van der Waals surface area contributed by atoms with E-state index in [-0.39, 0.29) is 5.75 Å². The number of aromatic nitrogens is 1. The van der Waals surface area contributed by atoms with Gasteiger partial charge in [-0.15, -0.1) is 0 Å². The number of rotatable bonds is 6. The lowest BCUT2D eigenvalue weighted by Gasteiger charge is -2.09. The smallest absolute Gasteiger partial charge is 0.239 e. The fourth-order valence-electron chi connectivity index (χ4n) is 1.17. The third-order valence-corrected chi connectivity index (χ3v) is 2.90. The highest BCUT2D eigenvalue weighted by Crippen LogP contribution is 2.20. The van der Waals surface area contributed by atoms with Crippen LogP contribution in [0.1, 0.15) is 6.92 Å². The number of anilines is 2. The monoisotopic (exact) mass is 259 g/mol. The number of hydrogen-bond acceptors (Lipinski definition) is 6. The molecule has 6 nitrogen and oxygen atoms in total. The highest BCUT2D eigenvalue weighted by atomic mass is 32.2. The predicted molar refractivity (Wildman–Crippen MR) is 68.0 cm³/mol. The number of sulfone groups is 1. The number of nitrogens with one attached hydrogen (secondary N) is 1. The number of nitrogens with zero attached hydrogens (tertiary/aromatic N) is 1. The Morgan fingerprint density at radius 2 is 2.18 bits per heavy atom. The Morgan fingerprint density at radius 1 is 1.47 bits per heavy atom. The van der Waals surface area contributed by atoms with Gasteiger partial charge in [0, 0.05) is 12.8 Å². The molecule has 7 heteroatoms. The summed E-state index contributed by atoms with van der Waals surface area (Å²) in [5.74, 6) is 0.964. The summed E-state index contributed by atoms with van der Waals surface area (Å²) in [4.78, 5) is 4.13. The van der Waals surface area contributed by atoms with Crippen LogP contribution in [0.3, 0.4) is 0 Å². The van der Waals surface area contributed by atoms with Crippen molar-refractivity contribution in [1.82, 2.24) is 4.98 Å². The molecule has 0 aliphatic carbocycles. The Hall–Kier alpha value is -1.50. The van der Waals surface area contributed by atoms with Gasteiger partial charge in [0.05, 0.1) is 18.0 Å². The van der Waals surface area contributed by atoms with Crippen molar-refractivity contribution < 1.29 is 13.2 Å². The molecule has 0 radical (unpaired) electrons. The van der Waals surface area contributed by atoms with E-state index in [9.17, 15) is 8.42 Å². The molecule has 3 N–H and O–H groups in total. The molecule has 0 spiro atoms. The van der Waals surface area contributed by atoms with Crippen molar-refractivity contribution in [2.75, 3.05) is 36.2 Å². The van der Waals surface area contributed by atoms with Gasteiger partial charge in [-0.05, 0) is 19.1 Å². The van der Waals surface area contributed by atoms with Crippen molar-refractivity contribution in [2.45, 2.75) is 6.92 Å². The molecule has 0 atom stereocenters. The number of pyridine rings is 1. The normalized spacial score (nSPS) is 11.2. The predicted octanol–water partition coefficient (Wildman–Crippen LogP) is 0.519. The van der Waals surface area contributed by atoms with Gasteiger partial charge in [-0.2, -0.15) is 4.98 Å². The van der Waals surface area contributed by atoms with E-state index >= 15 is 0 Å². The molecule has 0 unspecified atom stereocenters. The molecule has 1 rings (SSSR count). The summed E-state index contributed by atoms with van der Waals surface area (Å²) < 4.78 is 27.1. The third kappa shape index (κ3) is 4.90. The van der Waals surface area contributed by atoms with Crippen LogP contribution >= 0.6 is 0 Å². The molecule has 0 fully saturated rings. The van der Waals surface area contributed by atoms with E-state index in [0.29, 0.717) is 30.5 Å². The van der Waals surface area contributed by atoms with Crippen LogP contribution < -0.4 is 15.8 Å². The van der Waals surface area contributed by atoms with Gasteiger partial charge in [0.2, 0.25) is 5.88 Å². The second kappa shape index (κ2) is 5.72. The van der Waals surface area contributed by atoms with E-state index in [1.807, 2.05) is 6.92 Å². The summed E-state index contributed by atoms with van der Waals surface area (Å²) in [6.07, 6.45) is 1.19. The molecule has 0 saturated carbocycles. The van der Waals surface area contributed by atoms with Crippen molar-refractivity contribution >= 4 is 21.3 Å². The quantitative estimate of drug-likeness (QED) is 0.773. The minimum absolute atomic E-state index is 0.0586.